The van der Waals surface area contributed by atoms with Gasteiger partial charge in [-0.1, -0.05) is 23.7 Å². The Labute approximate surface area is 196 Å². The fraction of sp³-hybridized carbons (Fsp3) is 0.208. The van der Waals surface area contributed by atoms with E-state index in [1.165, 1.54) is 29.2 Å². The molecule has 1 heterocycles. The summed E-state index contributed by atoms with van der Waals surface area (Å²) in [6.07, 6.45) is 3.73. The zero-order chi connectivity index (χ0) is 23.6. The second-order valence-corrected chi connectivity index (χ2v) is 7.60. The van der Waals surface area contributed by atoms with E-state index in [-0.39, 0.29) is 24.2 Å². The molecule has 0 unspecified atom stereocenters. The van der Waals surface area contributed by atoms with E-state index in [1.807, 2.05) is 12.1 Å². The number of nitrogens with zero attached hydrogens (tertiary/aromatic N) is 2. The second-order valence-electron chi connectivity index (χ2n) is 7.16. The molecule has 33 heavy (non-hydrogen) atoms. The van der Waals surface area contributed by atoms with Crippen molar-refractivity contribution >= 4 is 34.8 Å². The van der Waals surface area contributed by atoms with Crippen LogP contribution in [0.5, 0.6) is 5.75 Å². The van der Waals surface area contributed by atoms with Crippen LogP contribution in [0, 0.1) is 5.82 Å². The molecular formula is C24H24ClFN4O3. The van der Waals surface area contributed by atoms with Crippen molar-refractivity contribution in [1.82, 2.24) is 4.98 Å². The minimum absolute atomic E-state index is 0.0760. The molecule has 0 saturated heterocycles. The van der Waals surface area contributed by atoms with Crippen LogP contribution in [-0.2, 0) is 4.79 Å². The van der Waals surface area contributed by atoms with Crippen molar-refractivity contribution in [3.63, 3.8) is 0 Å². The average molecular weight is 471 g/mol. The first-order valence-electron chi connectivity index (χ1n) is 10.4. The predicted molar refractivity (Wildman–Crippen MR) is 126 cm³/mol. The maximum atomic E-state index is 14.5. The van der Waals surface area contributed by atoms with E-state index in [0.29, 0.717) is 30.3 Å². The normalized spacial score (nSPS) is 10.5. The molecule has 0 aliphatic heterocycles. The van der Waals surface area contributed by atoms with E-state index < -0.39 is 17.6 Å². The number of nitrogens with one attached hydrogen (secondary N) is 1. The molecule has 0 fully saturated rings. The molecule has 3 N–H and O–H groups in total. The Kier molecular flexibility index (Phi) is 8.60. The summed E-state index contributed by atoms with van der Waals surface area (Å²) in [5.41, 5.74) is 6.47. The van der Waals surface area contributed by atoms with Crippen molar-refractivity contribution < 1.29 is 18.7 Å². The highest BCUT2D eigenvalue weighted by molar-refractivity contribution is 6.31. The standard InChI is InChI=1S/C24H24ClFN4O3/c25-18-14-17(15-20(16-18)33-13-11-29-19-7-9-28-10-8-19)24(32)30(12-3-6-23(27)31)22-5-2-1-4-21(22)26/h1-2,4-5,7-10,14-16H,3,6,11-13H2,(H2,27,31)(H,28,29). The van der Waals surface area contributed by atoms with E-state index >= 15 is 0 Å². The SMILES string of the molecule is NC(=O)CCCN(C(=O)c1cc(Cl)cc(OCCNc2ccncc2)c1)c1ccccc1F. The van der Waals surface area contributed by atoms with Crippen LogP contribution in [0.3, 0.4) is 0 Å². The van der Waals surface area contributed by atoms with Gasteiger partial charge in [-0.25, -0.2) is 4.39 Å². The number of carbonyl (C=O) groups excluding carboxylic acids is 2. The summed E-state index contributed by atoms with van der Waals surface area (Å²) in [6, 6.07) is 14.3. The summed E-state index contributed by atoms with van der Waals surface area (Å²) in [4.78, 5) is 29.7. The number of pyridine rings is 1. The Morgan fingerprint density at radius 3 is 2.61 bits per heavy atom. The Bertz CT molecular complexity index is 1100. The fourth-order valence-corrected chi connectivity index (χ4v) is 3.40. The molecule has 0 bridgehead atoms. The topological polar surface area (TPSA) is 97.6 Å². The summed E-state index contributed by atoms with van der Waals surface area (Å²) in [6.45, 7) is 0.960. The predicted octanol–water partition coefficient (Wildman–Crippen LogP) is 4.28. The highest BCUT2D eigenvalue weighted by atomic mass is 35.5. The molecule has 0 radical (unpaired) electrons. The van der Waals surface area contributed by atoms with Gasteiger partial charge in [0.2, 0.25) is 5.91 Å². The van der Waals surface area contributed by atoms with Crippen LogP contribution in [0.25, 0.3) is 0 Å². The first-order valence-corrected chi connectivity index (χ1v) is 10.7. The van der Waals surface area contributed by atoms with Crippen molar-refractivity contribution in [1.29, 1.82) is 0 Å². The maximum absolute atomic E-state index is 14.5. The molecule has 0 atom stereocenters. The van der Waals surface area contributed by atoms with Crippen LogP contribution in [0.1, 0.15) is 23.2 Å². The van der Waals surface area contributed by atoms with Crippen LogP contribution in [-0.4, -0.2) is 36.5 Å². The maximum Gasteiger partial charge on any atom is 0.258 e. The first-order chi connectivity index (χ1) is 15.9. The number of primary amides is 1. The Hall–Kier alpha value is -3.65. The quantitative estimate of drug-likeness (QED) is 0.408. The zero-order valence-electron chi connectivity index (χ0n) is 17.8. The lowest BCUT2D eigenvalue weighted by atomic mass is 10.1. The van der Waals surface area contributed by atoms with Gasteiger partial charge in [0.05, 0.1) is 5.69 Å². The molecule has 3 aromatic rings. The van der Waals surface area contributed by atoms with Crippen molar-refractivity contribution in [3.05, 3.63) is 83.4 Å². The van der Waals surface area contributed by atoms with Gasteiger partial charge in [-0.2, -0.15) is 0 Å². The Balaban J connectivity index is 1.73. The third-order valence-electron chi connectivity index (χ3n) is 4.69. The molecule has 172 valence electrons. The number of hydrogen-bond donors (Lipinski definition) is 2. The van der Waals surface area contributed by atoms with Gasteiger partial charge in [-0.15, -0.1) is 0 Å². The van der Waals surface area contributed by atoms with Crippen LogP contribution in [0.4, 0.5) is 15.8 Å². The van der Waals surface area contributed by atoms with Crippen LogP contribution < -0.4 is 20.7 Å². The third-order valence-corrected chi connectivity index (χ3v) is 4.91. The van der Waals surface area contributed by atoms with Crippen molar-refractivity contribution in [3.8, 4) is 5.75 Å². The molecule has 3 rings (SSSR count). The van der Waals surface area contributed by atoms with Crippen molar-refractivity contribution in [2.75, 3.05) is 29.9 Å². The summed E-state index contributed by atoms with van der Waals surface area (Å²) in [5, 5.41) is 3.50. The highest BCUT2D eigenvalue weighted by Gasteiger charge is 2.21. The number of ether oxygens (including phenoxy) is 1. The van der Waals surface area contributed by atoms with Crippen LogP contribution in [0.2, 0.25) is 5.02 Å². The van der Waals surface area contributed by atoms with Crippen LogP contribution >= 0.6 is 11.6 Å². The summed E-state index contributed by atoms with van der Waals surface area (Å²) >= 11 is 6.22. The van der Waals surface area contributed by atoms with Crippen molar-refractivity contribution in [2.24, 2.45) is 5.73 Å². The number of para-hydroxylation sites is 1. The van der Waals surface area contributed by atoms with Gasteiger partial charge in [0.25, 0.3) is 5.91 Å². The van der Waals surface area contributed by atoms with E-state index in [9.17, 15) is 14.0 Å². The Morgan fingerprint density at radius 2 is 1.88 bits per heavy atom. The van der Waals surface area contributed by atoms with E-state index in [0.717, 1.165) is 5.69 Å². The molecule has 0 spiro atoms. The molecule has 9 heteroatoms. The fourth-order valence-electron chi connectivity index (χ4n) is 3.17. The molecule has 7 nitrogen and oxygen atoms in total. The lowest BCUT2D eigenvalue weighted by molar-refractivity contribution is -0.118. The second kappa shape index (κ2) is 11.8. The third kappa shape index (κ3) is 7.18. The lowest BCUT2D eigenvalue weighted by Crippen LogP contribution is -2.33. The molecule has 0 aliphatic carbocycles. The first kappa shape index (κ1) is 24.0. The number of rotatable bonds is 11. The number of nitrogens with two attached hydrogens (primary N) is 1. The number of halogens is 2. The number of amides is 2. The summed E-state index contributed by atoms with van der Waals surface area (Å²) in [7, 11) is 0. The number of hydrogen-bond acceptors (Lipinski definition) is 5. The van der Waals surface area contributed by atoms with E-state index in [2.05, 4.69) is 10.3 Å². The molecule has 0 saturated carbocycles. The minimum atomic E-state index is -0.550. The van der Waals surface area contributed by atoms with Gasteiger partial charge in [0, 0.05) is 48.2 Å². The number of carbonyl (C=O) groups is 2. The van der Waals surface area contributed by atoms with Gasteiger partial charge in [0.15, 0.2) is 0 Å². The van der Waals surface area contributed by atoms with Crippen molar-refractivity contribution in [2.45, 2.75) is 12.8 Å². The smallest absolute Gasteiger partial charge is 0.258 e. The molecular weight excluding hydrogens is 447 g/mol. The summed E-state index contributed by atoms with van der Waals surface area (Å²) in [5.74, 6) is -1.10. The monoisotopic (exact) mass is 470 g/mol. The number of aromatic nitrogens is 1. The minimum Gasteiger partial charge on any atom is -0.492 e. The van der Waals surface area contributed by atoms with E-state index in [1.54, 1.807) is 30.6 Å². The summed E-state index contributed by atoms with van der Waals surface area (Å²) < 4.78 is 20.2. The van der Waals surface area contributed by atoms with E-state index in [4.69, 9.17) is 22.1 Å². The van der Waals surface area contributed by atoms with Gasteiger partial charge < -0.3 is 20.7 Å². The average Bonchev–Trinajstić information content (AvgIpc) is 2.80. The molecule has 1 aromatic heterocycles. The molecule has 0 aliphatic rings. The number of anilines is 2. The largest absolute Gasteiger partial charge is 0.492 e. The van der Waals surface area contributed by atoms with Gasteiger partial charge in [-0.05, 0) is 48.9 Å². The number of benzene rings is 2. The molecule has 2 amide bonds. The molecule has 2 aromatic carbocycles. The Morgan fingerprint density at radius 1 is 1.12 bits per heavy atom. The van der Waals surface area contributed by atoms with Gasteiger partial charge in [-0.3, -0.25) is 14.6 Å². The zero-order valence-corrected chi connectivity index (χ0v) is 18.6. The van der Waals surface area contributed by atoms with Gasteiger partial charge >= 0.3 is 0 Å². The van der Waals surface area contributed by atoms with Crippen LogP contribution in [0.15, 0.2) is 67.0 Å². The van der Waals surface area contributed by atoms with Gasteiger partial charge in [0.1, 0.15) is 18.2 Å². The lowest BCUT2D eigenvalue weighted by Gasteiger charge is -2.23. The highest BCUT2D eigenvalue weighted by Crippen LogP contribution is 2.26.